The van der Waals surface area contributed by atoms with Crippen molar-refractivity contribution in [2.75, 3.05) is 25.0 Å². The van der Waals surface area contributed by atoms with E-state index in [4.69, 9.17) is 0 Å². The molecule has 1 aliphatic rings. The SMILES string of the molecule is OC1CCN(CCCCCCCCCBr)C1. The minimum absolute atomic E-state index is 0.0516. The van der Waals surface area contributed by atoms with Gasteiger partial charge in [0.25, 0.3) is 0 Å². The Bertz CT molecular complexity index is 166. The lowest BCUT2D eigenvalue weighted by molar-refractivity contribution is 0.175. The zero-order valence-electron chi connectivity index (χ0n) is 10.3. The summed E-state index contributed by atoms with van der Waals surface area (Å²) >= 11 is 3.46. The Morgan fingerprint density at radius 1 is 1.00 bits per heavy atom. The van der Waals surface area contributed by atoms with Crippen molar-refractivity contribution in [1.82, 2.24) is 4.90 Å². The Morgan fingerprint density at radius 3 is 2.19 bits per heavy atom. The molecule has 0 amide bonds. The Morgan fingerprint density at radius 2 is 1.62 bits per heavy atom. The standard InChI is InChI=1S/C13H26BrNO/c14-9-6-4-2-1-3-5-7-10-15-11-8-13(16)12-15/h13,16H,1-12H2. The van der Waals surface area contributed by atoms with E-state index in [1.54, 1.807) is 0 Å². The number of aliphatic hydroxyl groups is 1. The molecule has 0 aromatic heterocycles. The number of alkyl halides is 1. The molecule has 1 unspecified atom stereocenters. The van der Waals surface area contributed by atoms with Crippen LogP contribution in [0, 0.1) is 0 Å². The lowest BCUT2D eigenvalue weighted by Gasteiger charge is -2.14. The molecule has 1 heterocycles. The van der Waals surface area contributed by atoms with Crippen molar-refractivity contribution in [2.24, 2.45) is 0 Å². The zero-order chi connectivity index (χ0) is 11.6. The summed E-state index contributed by atoms with van der Waals surface area (Å²) in [6.07, 6.45) is 10.5. The van der Waals surface area contributed by atoms with Crippen LogP contribution in [0.25, 0.3) is 0 Å². The molecule has 1 fully saturated rings. The summed E-state index contributed by atoms with van der Waals surface area (Å²) in [6.45, 7) is 3.20. The van der Waals surface area contributed by atoms with Crippen LogP contribution >= 0.6 is 15.9 Å². The Kier molecular flexibility index (Phi) is 8.52. The molecule has 0 aromatic carbocycles. The number of likely N-dealkylation sites (tertiary alicyclic amines) is 1. The molecule has 1 N–H and O–H groups in total. The largest absolute Gasteiger partial charge is 0.392 e. The lowest BCUT2D eigenvalue weighted by atomic mass is 10.1. The first-order valence-electron chi connectivity index (χ1n) is 6.79. The smallest absolute Gasteiger partial charge is 0.0679 e. The number of unbranched alkanes of at least 4 members (excludes halogenated alkanes) is 6. The van der Waals surface area contributed by atoms with Crippen LogP contribution in [0.5, 0.6) is 0 Å². The van der Waals surface area contributed by atoms with E-state index >= 15 is 0 Å². The van der Waals surface area contributed by atoms with Crippen molar-refractivity contribution in [2.45, 2.75) is 57.5 Å². The fourth-order valence-electron chi connectivity index (χ4n) is 2.33. The van der Waals surface area contributed by atoms with Crippen molar-refractivity contribution in [3.63, 3.8) is 0 Å². The summed E-state index contributed by atoms with van der Waals surface area (Å²) in [5.41, 5.74) is 0. The average Bonchev–Trinajstić information content (AvgIpc) is 2.68. The third-order valence-electron chi connectivity index (χ3n) is 3.36. The molecule has 1 aliphatic heterocycles. The van der Waals surface area contributed by atoms with Gasteiger partial charge in [0, 0.05) is 18.4 Å². The third-order valence-corrected chi connectivity index (χ3v) is 3.92. The molecule has 3 heteroatoms. The molecule has 0 bridgehead atoms. The van der Waals surface area contributed by atoms with Crippen LogP contribution in [0.3, 0.4) is 0 Å². The Hall–Kier alpha value is 0.400. The molecule has 16 heavy (non-hydrogen) atoms. The fraction of sp³-hybridized carbons (Fsp3) is 1.00. The van der Waals surface area contributed by atoms with Gasteiger partial charge in [0.15, 0.2) is 0 Å². The van der Waals surface area contributed by atoms with Gasteiger partial charge in [-0.25, -0.2) is 0 Å². The van der Waals surface area contributed by atoms with Gasteiger partial charge in [-0.3, -0.25) is 0 Å². The number of aliphatic hydroxyl groups excluding tert-OH is 1. The number of halogens is 1. The first-order chi connectivity index (χ1) is 7.83. The number of hydrogen-bond donors (Lipinski definition) is 1. The van der Waals surface area contributed by atoms with Crippen molar-refractivity contribution in [3.8, 4) is 0 Å². The minimum atomic E-state index is -0.0516. The van der Waals surface area contributed by atoms with E-state index in [1.807, 2.05) is 0 Å². The molecule has 1 saturated heterocycles. The highest BCUT2D eigenvalue weighted by Crippen LogP contribution is 2.12. The number of hydrogen-bond acceptors (Lipinski definition) is 2. The van der Waals surface area contributed by atoms with Crippen molar-refractivity contribution in [3.05, 3.63) is 0 Å². The lowest BCUT2D eigenvalue weighted by Crippen LogP contribution is -2.23. The number of nitrogens with zero attached hydrogens (tertiary/aromatic N) is 1. The molecule has 0 radical (unpaired) electrons. The minimum Gasteiger partial charge on any atom is -0.392 e. The predicted octanol–water partition coefficient (Wildman–Crippen LogP) is 3.18. The third kappa shape index (κ3) is 6.87. The highest BCUT2D eigenvalue weighted by molar-refractivity contribution is 9.09. The van der Waals surface area contributed by atoms with E-state index in [9.17, 15) is 5.11 Å². The molecule has 0 spiro atoms. The quantitative estimate of drug-likeness (QED) is 0.521. The van der Waals surface area contributed by atoms with Crippen LogP contribution in [0.15, 0.2) is 0 Å². The van der Waals surface area contributed by atoms with Crippen LogP contribution < -0.4 is 0 Å². The zero-order valence-corrected chi connectivity index (χ0v) is 11.9. The summed E-state index contributed by atoms with van der Waals surface area (Å²) in [4.78, 5) is 2.40. The molecule has 0 saturated carbocycles. The summed E-state index contributed by atoms with van der Waals surface area (Å²) in [5, 5.41) is 10.5. The summed E-state index contributed by atoms with van der Waals surface area (Å²) in [6, 6.07) is 0. The van der Waals surface area contributed by atoms with Crippen LogP contribution in [0.1, 0.15) is 51.4 Å². The van der Waals surface area contributed by atoms with Crippen molar-refractivity contribution in [1.29, 1.82) is 0 Å². The second-order valence-electron chi connectivity index (χ2n) is 4.91. The molecule has 96 valence electrons. The molecule has 1 atom stereocenters. The van der Waals surface area contributed by atoms with E-state index < -0.39 is 0 Å². The molecule has 0 aliphatic carbocycles. The van der Waals surface area contributed by atoms with Crippen LogP contribution in [-0.4, -0.2) is 41.1 Å². The van der Waals surface area contributed by atoms with Crippen LogP contribution in [0.4, 0.5) is 0 Å². The van der Waals surface area contributed by atoms with Gasteiger partial charge < -0.3 is 10.0 Å². The van der Waals surface area contributed by atoms with Gasteiger partial charge in [-0.1, -0.05) is 48.0 Å². The molecule has 2 nitrogen and oxygen atoms in total. The van der Waals surface area contributed by atoms with E-state index in [0.717, 1.165) is 24.8 Å². The van der Waals surface area contributed by atoms with Crippen LogP contribution in [0.2, 0.25) is 0 Å². The number of β-amino-alcohol motifs (C(OH)–C–C–N with tert-alkyl or cyclic N) is 1. The Balaban J connectivity index is 1.78. The topological polar surface area (TPSA) is 23.5 Å². The van der Waals surface area contributed by atoms with E-state index in [1.165, 1.54) is 51.5 Å². The fourth-order valence-corrected chi connectivity index (χ4v) is 2.73. The monoisotopic (exact) mass is 291 g/mol. The molecule has 0 aromatic rings. The van der Waals surface area contributed by atoms with E-state index in [-0.39, 0.29) is 6.10 Å². The van der Waals surface area contributed by atoms with Crippen molar-refractivity contribution < 1.29 is 5.11 Å². The summed E-state index contributed by atoms with van der Waals surface area (Å²) < 4.78 is 0. The maximum atomic E-state index is 9.38. The highest BCUT2D eigenvalue weighted by Gasteiger charge is 2.18. The van der Waals surface area contributed by atoms with Gasteiger partial charge in [-0.05, 0) is 25.8 Å². The van der Waals surface area contributed by atoms with Crippen molar-refractivity contribution >= 4 is 15.9 Å². The first-order valence-corrected chi connectivity index (χ1v) is 7.91. The number of rotatable bonds is 9. The molecular formula is C13H26BrNO. The van der Waals surface area contributed by atoms with Crippen LogP contribution in [-0.2, 0) is 0 Å². The normalized spacial score (nSPS) is 21.8. The van der Waals surface area contributed by atoms with E-state index in [2.05, 4.69) is 20.8 Å². The maximum Gasteiger partial charge on any atom is 0.0679 e. The Labute approximate surface area is 109 Å². The first kappa shape index (κ1) is 14.5. The average molecular weight is 292 g/mol. The summed E-state index contributed by atoms with van der Waals surface area (Å²) in [5.74, 6) is 0. The van der Waals surface area contributed by atoms with E-state index in [0.29, 0.717) is 0 Å². The van der Waals surface area contributed by atoms with Gasteiger partial charge in [0.05, 0.1) is 6.10 Å². The second kappa shape index (κ2) is 9.43. The van der Waals surface area contributed by atoms with Gasteiger partial charge in [0.2, 0.25) is 0 Å². The second-order valence-corrected chi connectivity index (χ2v) is 5.70. The highest BCUT2D eigenvalue weighted by atomic mass is 79.9. The summed E-state index contributed by atoms with van der Waals surface area (Å²) in [7, 11) is 0. The van der Waals surface area contributed by atoms with Gasteiger partial charge >= 0.3 is 0 Å². The predicted molar refractivity (Wildman–Crippen MR) is 73.2 cm³/mol. The van der Waals surface area contributed by atoms with Gasteiger partial charge in [-0.15, -0.1) is 0 Å². The molecule has 1 rings (SSSR count). The van der Waals surface area contributed by atoms with Gasteiger partial charge in [0.1, 0.15) is 0 Å². The molecular weight excluding hydrogens is 266 g/mol. The van der Waals surface area contributed by atoms with Gasteiger partial charge in [-0.2, -0.15) is 0 Å². The maximum absolute atomic E-state index is 9.38.